The van der Waals surface area contributed by atoms with Gasteiger partial charge in [0.25, 0.3) is 5.22 Å². The number of aliphatic hydroxyl groups is 1. The Bertz CT molecular complexity index is 595. The van der Waals surface area contributed by atoms with Gasteiger partial charge < -0.3 is 14.4 Å². The molecular formula is C15H18N2O3S. The van der Waals surface area contributed by atoms with Crippen molar-refractivity contribution in [2.45, 2.75) is 18.1 Å². The van der Waals surface area contributed by atoms with Crippen LogP contribution < -0.4 is 0 Å². The number of carbonyl (C=O) groups is 1. The number of nitrogens with zero attached hydrogens (tertiary/aromatic N) is 2. The van der Waals surface area contributed by atoms with E-state index in [0.717, 1.165) is 30.5 Å². The van der Waals surface area contributed by atoms with Crippen molar-refractivity contribution < 1.29 is 14.3 Å². The summed E-state index contributed by atoms with van der Waals surface area (Å²) in [4.78, 5) is 18.4. The molecule has 112 valence electrons. The number of oxazole rings is 1. The first-order chi connectivity index (χ1) is 10.3. The first-order valence-electron chi connectivity index (χ1n) is 7.13. The predicted molar refractivity (Wildman–Crippen MR) is 81.1 cm³/mol. The zero-order valence-electron chi connectivity index (χ0n) is 11.7. The van der Waals surface area contributed by atoms with E-state index in [-0.39, 0.29) is 18.4 Å². The van der Waals surface area contributed by atoms with Crippen LogP contribution in [0.5, 0.6) is 0 Å². The highest BCUT2D eigenvalue weighted by Crippen LogP contribution is 2.24. The molecule has 6 heteroatoms. The van der Waals surface area contributed by atoms with Crippen LogP contribution in [0.1, 0.15) is 12.8 Å². The van der Waals surface area contributed by atoms with E-state index in [9.17, 15) is 9.90 Å². The van der Waals surface area contributed by atoms with Crippen LogP contribution in [-0.2, 0) is 4.79 Å². The highest BCUT2D eigenvalue weighted by molar-refractivity contribution is 7.99. The van der Waals surface area contributed by atoms with Crippen molar-refractivity contribution >= 4 is 28.8 Å². The number of fused-ring (bicyclic) bond motifs is 1. The fourth-order valence-electron chi connectivity index (χ4n) is 2.57. The van der Waals surface area contributed by atoms with E-state index in [4.69, 9.17) is 4.42 Å². The zero-order valence-corrected chi connectivity index (χ0v) is 12.5. The Kier molecular flexibility index (Phi) is 4.45. The molecule has 1 fully saturated rings. The van der Waals surface area contributed by atoms with Gasteiger partial charge in [-0.25, -0.2) is 4.98 Å². The van der Waals surface area contributed by atoms with Gasteiger partial charge in [-0.1, -0.05) is 23.9 Å². The molecule has 1 unspecified atom stereocenters. The summed E-state index contributed by atoms with van der Waals surface area (Å²) in [7, 11) is 0. The quantitative estimate of drug-likeness (QED) is 0.877. The molecule has 0 bridgehead atoms. The number of para-hydroxylation sites is 2. The number of piperidine rings is 1. The van der Waals surface area contributed by atoms with Gasteiger partial charge in [0, 0.05) is 19.7 Å². The molecule has 5 nitrogen and oxygen atoms in total. The number of carbonyl (C=O) groups excluding carboxylic acids is 1. The van der Waals surface area contributed by atoms with E-state index in [2.05, 4.69) is 4.98 Å². The number of aliphatic hydroxyl groups excluding tert-OH is 1. The third-order valence-corrected chi connectivity index (χ3v) is 4.54. The van der Waals surface area contributed by atoms with Crippen molar-refractivity contribution in [3.8, 4) is 0 Å². The average molecular weight is 306 g/mol. The van der Waals surface area contributed by atoms with E-state index in [1.54, 1.807) is 0 Å². The topological polar surface area (TPSA) is 66.6 Å². The number of hydrogen-bond acceptors (Lipinski definition) is 5. The molecule has 1 amide bonds. The fourth-order valence-corrected chi connectivity index (χ4v) is 3.31. The fraction of sp³-hybridized carbons (Fsp3) is 0.467. The maximum atomic E-state index is 12.2. The molecule has 1 aliphatic rings. The Hall–Kier alpha value is -1.53. The summed E-state index contributed by atoms with van der Waals surface area (Å²) in [5, 5.41) is 9.74. The number of likely N-dealkylation sites (tertiary alicyclic amines) is 1. The van der Waals surface area contributed by atoms with Gasteiger partial charge in [0.15, 0.2) is 5.58 Å². The van der Waals surface area contributed by atoms with Crippen LogP contribution in [0, 0.1) is 5.92 Å². The summed E-state index contributed by atoms with van der Waals surface area (Å²) in [5.74, 6) is 0.628. The number of thioether (sulfide) groups is 1. The van der Waals surface area contributed by atoms with Gasteiger partial charge >= 0.3 is 0 Å². The lowest BCUT2D eigenvalue weighted by molar-refractivity contribution is -0.130. The summed E-state index contributed by atoms with van der Waals surface area (Å²) in [6.45, 7) is 1.59. The minimum Gasteiger partial charge on any atom is -0.431 e. The van der Waals surface area contributed by atoms with Crippen molar-refractivity contribution in [1.29, 1.82) is 0 Å². The summed E-state index contributed by atoms with van der Waals surface area (Å²) in [6, 6.07) is 7.56. The molecule has 21 heavy (non-hydrogen) atoms. The molecule has 1 atom stereocenters. The van der Waals surface area contributed by atoms with Crippen molar-refractivity contribution in [1.82, 2.24) is 9.88 Å². The predicted octanol–water partition coefficient (Wildman–Crippen LogP) is 2.15. The van der Waals surface area contributed by atoms with E-state index in [0.29, 0.717) is 17.5 Å². The minimum absolute atomic E-state index is 0.0837. The van der Waals surface area contributed by atoms with Crippen LogP contribution in [0.2, 0.25) is 0 Å². The van der Waals surface area contributed by atoms with E-state index < -0.39 is 0 Å². The number of rotatable bonds is 4. The molecule has 1 N–H and O–H groups in total. The van der Waals surface area contributed by atoms with Crippen molar-refractivity contribution in [3.05, 3.63) is 24.3 Å². The molecule has 2 aromatic rings. The molecule has 0 spiro atoms. The Morgan fingerprint density at radius 2 is 2.33 bits per heavy atom. The van der Waals surface area contributed by atoms with Crippen LogP contribution >= 0.6 is 11.8 Å². The normalized spacial score (nSPS) is 19.1. The Labute approximate surface area is 127 Å². The Morgan fingerprint density at radius 3 is 3.14 bits per heavy atom. The molecule has 3 rings (SSSR count). The lowest BCUT2D eigenvalue weighted by atomic mass is 9.99. The lowest BCUT2D eigenvalue weighted by Crippen LogP contribution is -2.41. The molecule has 1 saturated heterocycles. The molecule has 0 aliphatic carbocycles. The van der Waals surface area contributed by atoms with Crippen LogP contribution in [0.25, 0.3) is 11.1 Å². The van der Waals surface area contributed by atoms with Crippen LogP contribution in [0.15, 0.2) is 33.9 Å². The lowest BCUT2D eigenvalue weighted by Gasteiger charge is -2.31. The standard InChI is InChI=1S/C15H18N2O3S/c18-9-11-4-3-7-17(8-11)14(19)10-21-15-16-12-5-1-2-6-13(12)20-15/h1-2,5-6,11,18H,3-4,7-10H2. The monoisotopic (exact) mass is 306 g/mol. The largest absolute Gasteiger partial charge is 0.431 e. The molecular weight excluding hydrogens is 288 g/mol. The van der Waals surface area contributed by atoms with E-state index >= 15 is 0 Å². The molecule has 1 aromatic heterocycles. The second-order valence-corrected chi connectivity index (χ2v) is 6.19. The molecule has 0 radical (unpaired) electrons. The highest BCUT2D eigenvalue weighted by atomic mass is 32.2. The second kappa shape index (κ2) is 6.49. The summed E-state index contributed by atoms with van der Waals surface area (Å²) in [6.07, 6.45) is 1.96. The number of amides is 1. The van der Waals surface area contributed by atoms with Crippen molar-refractivity contribution in [2.24, 2.45) is 5.92 Å². The molecule has 0 saturated carbocycles. The van der Waals surface area contributed by atoms with Gasteiger partial charge in [-0.15, -0.1) is 0 Å². The smallest absolute Gasteiger partial charge is 0.257 e. The Balaban J connectivity index is 1.57. The molecule has 2 heterocycles. The summed E-state index contributed by atoms with van der Waals surface area (Å²) >= 11 is 1.33. The van der Waals surface area contributed by atoms with Crippen LogP contribution in [-0.4, -0.2) is 46.3 Å². The first kappa shape index (κ1) is 14.4. The second-order valence-electron chi connectivity index (χ2n) is 5.27. The van der Waals surface area contributed by atoms with Gasteiger partial charge in [0.2, 0.25) is 5.91 Å². The van der Waals surface area contributed by atoms with Gasteiger partial charge in [-0.05, 0) is 30.9 Å². The third kappa shape index (κ3) is 3.39. The zero-order chi connectivity index (χ0) is 14.7. The number of benzene rings is 1. The highest BCUT2D eigenvalue weighted by Gasteiger charge is 2.23. The minimum atomic E-state index is 0.0837. The van der Waals surface area contributed by atoms with E-state index in [1.165, 1.54) is 11.8 Å². The Morgan fingerprint density at radius 1 is 1.48 bits per heavy atom. The van der Waals surface area contributed by atoms with Gasteiger partial charge in [0.1, 0.15) is 5.52 Å². The van der Waals surface area contributed by atoms with Crippen LogP contribution in [0.3, 0.4) is 0 Å². The molecule has 1 aromatic carbocycles. The summed E-state index contributed by atoms with van der Waals surface area (Å²) < 4.78 is 5.59. The van der Waals surface area contributed by atoms with Gasteiger partial charge in [-0.3, -0.25) is 4.79 Å². The maximum Gasteiger partial charge on any atom is 0.257 e. The first-order valence-corrected chi connectivity index (χ1v) is 8.12. The van der Waals surface area contributed by atoms with Gasteiger partial charge in [-0.2, -0.15) is 0 Å². The SMILES string of the molecule is O=C(CSc1nc2ccccc2o1)N1CCCC(CO)C1. The van der Waals surface area contributed by atoms with Crippen molar-refractivity contribution in [3.63, 3.8) is 0 Å². The third-order valence-electron chi connectivity index (χ3n) is 3.72. The average Bonchev–Trinajstić information content (AvgIpc) is 2.95. The van der Waals surface area contributed by atoms with E-state index in [1.807, 2.05) is 29.2 Å². The van der Waals surface area contributed by atoms with Crippen LogP contribution in [0.4, 0.5) is 0 Å². The van der Waals surface area contributed by atoms with Crippen molar-refractivity contribution in [2.75, 3.05) is 25.4 Å². The number of aromatic nitrogens is 1. The number of hydrogen-bond donors (Lipinski definition) is 1. The summed E-state index contributed by atoms with van der Waals surface area (Å²) in [5.41, 5.74) is 1.55. The van der Waals surface area contributed by atoms with Gasteiger partial charge in [0.05, 0.1) is 5.75 Å². The molecule has 1 aliphatic heterocycles. The maximum absolute atomic E-state index is 12.2.